The van der Waals surface area contributed by atoms with Gasteiger partial charge in [-0.15, -0.1) is 10.2 Å². The van der Waals surface area contributed by atoms with E-state index in [0.717, 1.165) is 16.9 Å². The Balaban J connectivity index is 1.60. The summed E-state index contributed by atoms with van der Waals surface area (Å²) >= 11 is 0. The first-order chi connectivity index (χ1) is 12.2. The minimum Gasteiger partial charge on any atom is -0.497 e. The van der Waals surface area contributed by atoms with E-state index < -0.39 is 0 Å². The first-order valence-electron chi connectivity index (χ1n) is 7.90. The summed E-state index contributed by atoms with van der Waals surface area (Å²) in [5.74, 6) is 1.60. The van der Waals surface area contributed by atoms with Crippen molar-refractivity contribution in [2.24, 2.45) is 0 Å². The van der Waals surface area contributed by atoms with Crippen molar-refractivity contribution in [3.05, 3.63) is 66.1 Å². The first-order valence-corrected chi connectivity index (χ1v) is 7.90. The smallest absolute Gasteiger partial charge is 0.247 e. The third kappa shape index (κ3) is 4.23. The molecule has 6 heteroatoms. The van der Waals surface area contributed by atoms with Crippen molar-refractivity contribution >= 4 is 5.91 Å². The molecule has 1 heterocycles. The Kier molecular flexibility index (Phi) is 5.09. The topological polar surface area (TPSA) is 68.5 Å². The number of hydrogen-bond acceptors (Lipinski definition) is 5. The average Bonchev–Trinajstić information content (AvgIpc) is 3.11. The molecule has 0 saturated carbocycles. The highest BCUT2D eigenvalue weighted by atomic mass is 16.5. The van der Waals surface area contributed by atoms with E-state index in [1.165, 1.54) is 0 Å². The molecule has 6 nitrogen and oxygen atoms in total. The molecular weight excluding hydrogens is 318 g/mol. The van der Waals surface area contributed by atoms with Gasteiger partial charge >= 0.3 is 0 Å². The lowest BCUT2D eigenvalue weighted by Gasteiger charge is -2.15. The van der Waals surface area contributed by atoms with E-state index in [4.69, 9.17) is 9.15 Å². The highest BCUT2D eigenvalue weighted by Crippen LogP contribution is 2.18. The third-order valence-corrected chi connectivity index (χ3v) is 3.80. The van der Waals surface area contributed by atoms with Gasteiger partial charge in [0.25, 0.3) is 0 Å². The number of likely N-dealkylation sites (N-methyl/N-ethyl adjacent to an activating group) is 1. The second-order valence-electron chi connectivity index (χ2n) is 5.64. The van der Waals surface area contributed by atoms with Gasteiger partial charge < -0.3 is 14.1 Å². The third-order valence-electron chi connectivity index (χ3n) is 3.80. The van der Waals surface area contributed by atoms with Crippen LogP contribution in [-0.2, 0) is 17.8 Å². The number of rotatable bonds is 6. The maximum atomic E-state index is 12.4. The number of benzene rings is 2. The molecule has 25 heavy (non-hydrogen) atoms. The van der Waals surface area contributed by atoms with E-state index in [1.807, 2.05) is 54.6 Å². The van der Waals surface area contributed by atoms with Gasteiger partial charge in [0, 0.05) is 12.6 Å². The number of methoxy groups -OCH3 is 1. The quantitative estimate of drug-likeness (QED) is 0.692. The van der Waals surface area contributed by atoms with Crippen molar-refractivity contribution in [3.8, 4) is 17.2 Å². The van der Waals surface area contributed by atoms with Crippen LogP contribution in [0.15, 0.2) is 59.0 Å². The molecule has 3 rings (SSSR count). The standard InChI is InChI=1S/C19H19N3O3/c1-22(18(23)12-14-8-10-16(24-2)11-9-14)13-17-20-21-19(25-17)15-6-4-3-5-7-15/h3-11H,12-13H2,1-2H3. The van der Waals surface area contributed by atoms with Crippen molar-refractivity contribution in [3.63, 3.8) is 0 Å². The second-order valence-corrected chi connectivity index (χ2v) is 5.64. The monoisotopic (exact) mass is 337 g/mol. The number of aromatic nitrogens is 2. The molecule has 1 aromatic heterocycles. The number of nitrogens with zero attached hydrogens (tertiary/aromatic N) is 3. The summed E-state index contributed by atoms with van der Waals surface area (Å²) < 4.78 is 10.8. The Hall–Kier alpha value is -3.15. The highest BCUT2D eigenvalue weighted by Gasteiger charge is 2.15. The summed E-state index contributed by atoms with van der Waals surface area (Å²) in [6.07, 6.45) is 0.306. The van der Waals surface area contributed by atoms with Gasteiger partial charge in [0.05, 0.1) is 20.1 Å². The Morgan fingerprint density at radius 1 is 1.08 bits per heavy atom. The van der Waals surface area contributed by atoms with Crippen molar-refractivity contribution < 1.29 is 13.9 Å². The normalized spacial score (nSPS) is 10.5. The zero-order valence-corrected chi connectivity index (χ0v) is 14.2. The molecule has 2 aromatic carbocycles. The zero-order valence-electron chi connectivity index (χ0n) is 14.2. The molecule has 0 aliphatic rings. The van der Waals surface area contributed by atoms with Crippen LogP contribution in [0.3, 0.4) is 0 Å². The number of amides is 1. The minimum absolute atomic E-state index is 0.0235. The largest absolute Gasteiger partial charge is 0.497 e. The van der Waals surface area contributed by atoms with E-state index in [9.17, 15) is 4.79 Å². The van der Waals surface area contributed by atoms with Crippen LogP contribution in [0.5, 0.6) is 5.75 Å². The molecule has 0 spiro atoms. The summed E-state index contributed by atoms with van der Waals surface area (Å²) in [4.78, 5) is 13.9. The van der Waals surface area contributed by atoms with Gasteiger partial charge in [-0.25, -0.2) is 0 Å². The van der Waals surface area contributed by atoms with Crippen molar-refractivity contribution in [2.75, 3.05) is 14.2 Å². The molecule has 0 N–H and O–H groups in total. The minimum atomic E-state index is -0.0235. The maximum Gasteiger partial charge on any atom is 0.247 e. The molecule has 128 valence electrons. The Morgan fingerprint density at radius 2 is 1.80 bits per heavy atom. The van der Waals surface area contributed by atoms with Crippen LogP contribution >= 0.6 is 0 Å². The predicted molar refractivity (Wildman–Crippen MR) is 92.9 cm³/mol. The van der Waals surface area contributed by atoms with Crippen LogP contribution in [0.4, 0.5) is 0 Å². The lowest BCUT2D eigenvalue weighted by Crippen LogP contribution is -2.27. The summed E-state index contributed by atoms with van der Waals surface area (Å²) in [7, 11) is 3.33. The molecule has 0 aliphatic heterocycles. The first kappa shape index (κ1) is 16.7. The molecule has 0 fully saturated rings. The predicted octanol–water partition coefficient (Wildman–Crippen LogP) is 2.95. The molecule has 0 bridgehead atoms. The van der Waals surface area contributed by atoms with Crippen LogP contribution in [0.1, 0.15) is 11.5 Å². The molecule has 0 saturated heterocycles. The average molecular weight is 337 g/mol. The van der Waals surface area contributed by atoms with Crippen LogP contribution in [0.25, 0.3) is 11.5 Å². The number of hydrogen-bond donors (Lipinski definition) is 0. The fourth-order valence-electron chi connectivity index (χ4n) is 2.36. The van der Waals surface area contributed by atoms with Gasteiger partial charge in [0.2, 0.25) is 17.7 Å². The Morgan fingerprint density at radius 3 is 2.48 bits per heavy atom. The van der Waals surface area contributed by atoms with Crippen LogP contribution in [0, 0.1) is 0 Å². The highest BCUT2D eigenvalue weighted by molar-refractivity contribution is 5.78. The van der Waals surface area contributed by atoms with Gasteiger partial charge in [-0.05, 0) is 29.8 Å². The van der Waals surface area contributed by atoms with Crippen LogP contribution in [-0.4, -0.2) is 35.2 Å². The number of ether oxygens (including phenoxy) is 1. The molecular formula is C19H19N3O3. The van der Waals surface area contributed by atoms with Gasteiger partial charge in [0.1, 0.15) is 5.75 Å². The molecule has 0 radical (unpaired) electrons. The molecule has 1 amide bonds. The van der Waals surface area contributed by atoms with Gasteiger partial charge in [-0.1, -0.05) is 30.3 Å². The fraction of sp³-hybridized carbons (Fsp3) is 0.211. The lowest BCUT2D eigenvalue weighted by atomic mass is 10.1. The van der Waals surface area contributed by atoms with Crippen LogP contribution < -0.4 is 4.74 Å². The zero-order chi connectivity index (χ0) is 17.6. The van der Waals surface area contributed by atoms with E-state index >= 15 is 0 Å². The lowest BCUT2D eigenvalue weighted by molar-refractivity contribution is -0.130. The van der Waals surface area contributed by atoms with E-state index in [1.54, 1.807) is 19.1 Å². The van der Waals surface area contributed by atoms with Crippen molar-refractivity contribution in [2.45, 2.75) is 13.0 Å². The van der Waals surface area contributed by atoms with E-state index in [0.29, 0.717) is 18.2 Å². The van der Waals surface area contributed by atoms with Crippen molar-refractivity contribution in [1.29, 1.82) is 0 Å². The van der Waals surface area contributed by atoms with E-state index in [-0.39, 0.29) is 12.5 Å². The van der Waals surface area contributed by atoms with Crippen LogP contribution in [0.2, 0.25) is 0 Å². The summed E-state index contributed by atoms with van der Waals surface area (Å²) in [6, 6.07) is 17.0. The summed E-state index contributed by atoms with van der Waals surface area (Å²) in [5.41, 5.74) is 1.78. The SMILES string of the molecule is COc1ccc(CC(=O)N(C)Cc2nnc(-c3ccccc3)o2)cc1. The number of carbonyl (C=O) groups excluding carboxylic acids is 1. The summed E-state index contributed by atoms with van der Waals surface area (Å²) in [5, 5.41) is 8.05. The Bertz CT molecular complexity index is 829. The summed E-state index contributed by atoms with van der Waals surface area (Å²) in [6.45, 7) is 0.273. The van der Waals surface area contributed by atoms with E-state index in [2.05, 4.69) is 10.2 Å². The van der Waals surface area contributed by atoms with Crippen molar-refractivity contribution in [1.82, 2.24) is 15.1 Å². The molecule has 0 atom stereocenters. The second kappa shape index (κ2) is 7.61. The molecule has 0 aliphatic carbocycles. The molecule has 3 aromatic rings. The van der Waals surface area contributed by atoms with Gasteiger partial charge in [-0.3, -0.25) is 4.79 Å². The van der Waals surface area contributed by atoms with Gasteiger partial charge in [-0.2, -0.15) is 0 Å². The Labute approximate surface area is 146 Å². The fourth-order valence-corrected chi connectivity index (χ4v) is 2.36. The van der Waals surface area contributed by atoms with Gasteiger partial charge in [0.15, 0.2) is 0 Å². The molecule has 0 unspecified atom stereocenters. The number of carbonyl (C=O) groups is 1. The maximum absolute atomic E-state index is 12.4.